The molecule has 0 aromatic carbocycles. The summed E-state index contributed by atoms with van der Waals surface area (Å²) in [6.45, 7) is 7.96. The number of nitrogens with zero attached hydrogens (tertiary/aromatic N) is 2. The smallest absolute Gasteiger partial charge is 0.382 e. The highest BCUT2D eigenvalue weighted by molar-refractivity contribution is 7.46. The molecule has 22 heavy (non-hydrogen) atoms. The fourth-order valence-corrected chi connectivity index (χ4v) is 3.12. The van der Waals surface area contributed by atoms with Gasteiger partial charge < -0.3 is 23.5 Å². The summed E-state index contributed by atoms with van der Waals surface area (Å²) in [5, 5.41) is 0. The SMILES string of the molecule is [2H]C([3H])OC[C@@H]1C(OP(C)OCC[N+]#[C-])CCN1C(=O)C(F)(F)F. The van der Waals surface area contributed by atoms with Crippen molar-refractivity contribution in [3.8, 4) is 0 Å². The molecule has 3 unspecified atom stereocenters. The summed E-state index contributed by atoms with van der Waals surface area (Å²) in [7, 11) is -3.11. The zero-order valence-corrected chi connectivity index (χ0v) is 12.8. The molecule has 0 bridgehead atoms. The molecule has 126 valence electrons. The number of hydrogen-bond acceptors (Lipinski definition) is 4. The quantitative estimate of drug-likeness (QED) is 0.403. The highest BCUT2D eigenvalue weighted by Gasteiger charge is 2.49. The van der Waals surface area contributed by atoms with Crippen molar-refractivity contribution in [3.63, 3.8) is 0 Å². The minimum absolute atomic E-state index is 0.144. The van der Waals surface area contributed by atoms with Crippen LogP contribution in [0.15, 0.2) is 0 Å². The standard InChI is InChI=1S/C12H18F3N2O4P/c1-16-5-7-20-22(3)21-10-4-6-17(9(10)8-19-2)11(18)12(13,14)15/h9-10H,4-8H2,2-3H3/t9-,10?,22?/m1/s1/i2TD/t2?,9-,10?,22?. The molecule has 1 aliphatic rings. The molecule has 0 aliphatic carbocycles. The summed E-state index contributed by atoms with van der Waals surface area (Å²) in [6, 6.07) is -1.05. The first-order valence-corrected chi connectivity index (χ1v) is 7.99. The topological polar surface area (TPSA) is 52.4 Å². The number of halogens is 3. The van der Waals surface area contributed by atoms with Gasteiger partial charge in [0.2, 0.25) is 6.54 Å². The third-order valence-corrected chi connectivity index (χ3v) is 4.13. The molecular weight excluding hydrogens is 324 g/mol. The van der Waals surface area contributed by atoms with Crippen LogP contribution in [0.2, 0.25) is 0 Å². The predicted octanol–water partition coefficient (Wildman–Crippen LogP) is 2.06. The molecule has 6 nitrogen and oxygen atoms in total. The van der Waals surface area contributed by atoms with Gasteiger partial charge in [-0.1, -0.05) is 0 Å². The normalized spacial score (nSPS) is 26.0. The largest absolute Gasteiger partial charge is 0.471 e. The van der Waals surface area contributed by atoms with Crippen LogP contribution < -0.4 is 0 Å². The molecule has 1 fully saturated rings. The van der Waals surface area contributed by atoms with Crippen molar-refractivity contribution < 1.29 is 34.5 Å². The highest BCUT2D eigenvalue weighted by Crippen LogP contribution is 2.39. The molecule has 4 atom stereocenters. The Bertz CT molecular complexity index is 465. The van der Waals surface area contributed by atoms with Crippen LogP contribution in [0.3, 0.4) is 0 Å². The second-order valence-electron chi connectivity index (χ2n) is 4.48. The number of alkyl halides is 3. The Kier molecular flexibility index (Phi) is 6.25. The molecule has 1 aliphatic heterocycles. The van der Waals surface area contributed by atoms with Crippen LogP contribution in [0.1, 0.15) is 9.16 Å². The Morgan fingerprint density at radius 2 is 2.41 bits per heavy atom. The van der Waals surface area contributed by atoms with E-state index in [9.17, 15) is 18.0 Å². The molecule has 0 aromatic heterocycles. The molecule has 1 rings (SSSR count). The van der Waals surface area contributed by atoms with E-state index in [2.05, 4.69) is 4.85 Å². The number of ether oxygens (including phenoxy) is 1. The third kappa shape index (κ3) is 5.36. The van der Waals surface area contributed by atoms with Gasteiger partial charge in [-0.25, -0.2) is 6.57 Å². The maximum atomic E-state index is 12.7. The van der Waals surface area contributed by atoms with E-state index in [1.807, 2.05) is 0 Å². The summed E-state index contributed by atoms with van der Waals surface area (Å²) in [5.74, 6) is -2.00. The lowest BCUT2D eigenvalue weighted by atomic mass is 10.2. The highest BCUT2D eigenvalue weighted by atomic mass is 31.2. The van der Waals surface area contributed by atoms with Crippen molar-refractivity contribution in [1.29, 1.82) is 0 Å². The number of methoxy groups -OCH3 is 1. The van der Waals surface area contributed by atoms with Gasteiger partial charge in [0, 0.05) is 20.3 Å². The Balaban J connectivity index is 2.72. The van der Waals surface area contributed by atoms with E-state index >= 15 is 0 Å². The van der Waals surface area contributed by atoms with Gasteiger partial charge in [-0.05, 0) is 6.42 Å². The zero-order valence-electron chi connectivity index (χ0n) is 13.9. The lowest BCUT2D eigenvalue weighted by Crippen LogP contribution is -2.48. The maximum Gasteiger partial charge on any atom is 0.471 e. The average molecular weight is 345 g/mol. The van der Waals surface area contributed by atoms with E-state index in [4.69, 9.17) is 23.1 Å². The van der Waals surface area contributed by atoms with E-state index in [1.165, 1.54) is 0 Å². The average Bonchev–Trinajstić information content (AvgIpc) is 2.86. The van der Waals surface area contributed by atoms with Gasteiger partial charge in [0.1, 0.15) is 6.61 Å². The molecule has 10 heteroatoms. The molecule has 0 aromatic rings. The van der Waals surface area contributed by atoms with E-state index in [0.717, 1.165) is 0 Å². The number of amides is 1. The molecule has 0 N–H and O–H groups in total. The summed E-state index contributed by atoms with van der Waals surface area (Å²) in [6.07, 6.45) is -5.61. The summed E-state index contributed by atoms with van der Waals surface area (Å²) in [4.78, 5) is 15.2. The Hall–Kier alpha value is -0.940. The monoisotopic (exact) mass is 345 g/mol. The van der Waals surface area contributed by atoms with Gasteiger partial charge >= 0.3 is 12.1 Å². The van der Waals surface area contributed by atoms with Gasteiger partial charge in [0.05, 0.1) is 21.5 Å². The van der Waals surface area contributed by atoms with Crippen LogP contribution in [-0.4, -0.2) is 69.2 Å². The minimum atomic E-state index is -5.02. The van der Waals surface area contributed by atoms with E-state index in [1.54, 1.807) is 6.66 Å². The minimum Gasteiger partial charge on any atom is -0.382 e. The van der Waals surface area contributed by atoms with E-state index < -0.39 is 46.3 Å². The summed E-state index contributed by atoms with van der Waals surface area (Å²) < 4.78 is 67.6. The lowest BCUT2D eigenvalue weighted by molar-refractivity contribution is -0.187. The van der Waals surface area contributed by atoms with Crippen LogP contribution in [0.25, 0.3) is 4.85 Å². The predicted molar refractivity (Wildman–Crippen MR) is 73.2 cm³/mol. The van der Waals surface area contributed by atoms with E-state index in [-0.39, 0.29) is 26.1 Å². The first kappa shape index (κ1) is 15.9. The van der Waals surface area contributed by atoms with Crippen molar-refractivity contribution in [2.75, 3.05) is 40.0 Å². The van der Waals surface area contributed by atoms with Gasteiger partial charge in [0.25, 0.3) is 0 Å². The summed E-state index contributed by atoms with van der Waals surface area (Å²) >= 11 is 0. The molecule has 0 radical (unpaired) electrons. The van der Waals surface area contributed by atoms with Crippen LogP contribution in [-0.2, 0) is 18.6 Å². The van der Waals surface area contributed by atoms with E-state index in [0.29, 0.717) is 4.90 Å². The first-order chi connectivity index (χ1) is 11.2. The molecular formula is C12H18F3N2O4P. The fourth-order valence-electron chi connectivity index (χ4n) is 2.10. The Labute approximate surface area is 131 Å². The van der Waals surface area contributed by atoms with Gasteiger partial charge in [-0.3, -0.25) is 4.79 Å². The van der Waals surface area contributed by atoms with Crippen LogP contribution >= 0.6 is 8.38 Å². The van der Waals surface area contributed by atoms with Crippen LogP contribution in [0, 0.1) is 6.57 Å². The maximum absolute atomic E-state index is 12.7. The molecule has 1 heterocycles. The van der Waals surface area contributed by atoms with Crippen molar-refractivity contribution in [3.05, 3.63) is 11.4 Å². The molecule has 1 saturated heterocycles. The number of likely N-dealkylation sites (tertiary alicyclic amines) is 1. The Morgan fingerprint density at radius 3 is 3.00 bits per heavy atom. The van der Waals surface area contributed by atoms with Crippen LogP contribution in [0.4, 0.5) is 13.2 Å². The van der Waals surface area contributed by atoms with Crippen molar-refractivity contribution in [2.45, 2.75) is 24.7 Å². The molecule has 0 saturated carbocycles. The second kappa shape index (κ2) is 8.63. The number of carbonyl (C=O) groups excluding carboxylic acids is 1. The first-order valence-electron chi connectivity index (χ1n) is 7.52. The van der Waals surface area contributed by atoms with Gasteiger partial charge in [-0.2, -0.15) is 13.2 Å². The van der Waals surface area contributed by atoms with Crippen molar-refractivity contribution >= 4 is 14.3 Å². The van der Waals surface area contributed by atoms with Crippen molar-refractivity contribution in [1.82, 2.24) is 4.90 Å². The molecule has 0 spiro atoms. The van der Waals surface area contributed by atoms with Crippen molar-refractivity contribution in [2.24, 2.45) is 0 Å². The lowest BCUT2D eigenvalue weighted by Gasteiger charge is -2.29. The van der Waals surface area contributed by atoms with Gasteiger partial charge in [0.15, 0.2) is 8.38 Å². The fraction of sp³-hybridized carbons (Fsp3) is 0.833. The third-order valence-electron chi connectivity index (χ3n) is 3.01. The number of carbonyl (C=O) groups is 1. The Morgan fingerprint density at radius 1 is 1.68 bits per heavy atom. The molecule has 1 amide bonds. The summed E-state index contributed by atoms with van der Waals surface area (Å²) in [5.41, 5.74) is 0. The zero-order chi connectivity index (χ0) is 18.3. The second-order valence-corrected chi connectivity index (χ2v) is 5.83. The number of rotatable bonds is 7. The van der Waals surface area contributed by atoms with Gasteiger partial charge in [-0.15, -0.1) is 0 Å². The van der Waals surface area contributed by atoms with Crippen LogP contribution in [0.5, 0.6) is 0 Å². The number of hydrogen-bond donors (Lipinski definition) is 0.